The van der Waals surface area contributed by atoms with Crippen LogP contribution in [0.1, 0.15) is 39.0 Å². The van der Waals surface area contributed by atoms with E-state index in [1.54, 1.807) is 7.11 Å². The van der Waals surface area contributed by atoms with Gasteiger partial charge in [-0.05, 0) is 13.8 Å². The first kappa shape index (κ1) is 11.1. The molecule has 1 aromatic rings. The Morgan fingerprint density at radius 3 is 2.21 bits per heavy atom. The summed E-state index contributed by atoms with van der Waals surface area (Å²) >= 11 is 0. The first-order valence-corrected chi connectivity index (χ1v) is 5.03. The average Bonchev–Trinajstić information content (AvgIpc) is 2.40. The molecular formula is C11H20N2O. The van der Waals surface area contributed by atoms with E-state index in [9.17, 15) is 0 Å². The predicted molar refractivity (Wildman–Crippen MR) is 57.9 cm³/mol. The van der Waals surface area contributed by atoms with Crippen LogP contribution in [0.4, 0.5) is 0 Å². The molecule has 0 fully saturated rings. The van der Waals surface area contributed by atoms with Gasteiger partial charge >= 0.3 is 0 Å². The molecule has 1 rings (SSSR count). The first-order chi connectivity index (χ1) is 6.41. The highest BCUT2D eigenvalue weighted by Crippen LogP contribution is 2.30. The number of hydrogen-bond acceptors (Lipinski definition) is 2. The lowest BCUT2D eigenvalue weighted by atomic mass is 9.89. The summed E-state index contributed by atoms with van der Waals surface area (Å²) in [5, 5.41) is 4.41. The van der Waals surface area contributed by atoms with E-state index in [2.05, 4.69) is 39.7 Å². The Bertz CT molecular complexity index is 321. The zero-order chi connectivity index (χ0) is 10.9. The molecule has 0 spiro atoms. The fraction of sp³-hybridized carbons (Fsp3) is 0.727. The van der Waals surface area contributed by atoms with E-state index in [0.717, 1.165) is 18.0 Å². The Labute approximate surface area is 86.1 Å². The third-order valence-corrected chi connectivity index (χ3v) is 2.35. The SMILES string of the molecule is CCn1nc(OC)c(C)c1C(C)(C)C. The van der Waals surface area contributed by atoms with Crippen LogP contribution in [0.5, 0.6) is 5.88 Å². The summed E-state index contributed by atoms with van der Waals surface area (Å²) in [6.45, 7) is 11.6. The summed E-state index contributed by atoms with van der Waals surface area (Å²) in [5.74, 6) is 0.747. The van der Waals surface area contributed by atoms with Gasteiger partial charge < -0.3 is 4.74 Å². The zero-order valence-corrected chi connectivity index (χ0v) is 10.0. The van der Waals surface area contributed by atoms with Crippen LogP contribution in [0.25, 0.3) is 0 Å². The molecule has 3 nitrogen and oxygen atoms in total. The van der Waals surface area contributed by atoms with Gasteiger partial charge in [0.05, 0.1) is 12.8 Å². The number of aromatic nitrogens is 2. The normalized spacial score (nSPS) is 11.9. The number of nitrogens with zero attached hydrogens (tertiary/aromatic N) is 2. The molecule has 0 saturated carbocycles. The largest absolute Gasteiger partial charge is 0.480 e. The Morgan fingerprint density at radius 2 is 1.93 bits per heavy atom. The highest BCUT2D eigenvalue weighted by Gasteiger charge is 2.24. The molecule has 1 heterocycles. The summed E-state index contributed by atoms with van der Waals surface area (Å²) < 4.78 is 7.25. The van der Waals surface area contributed by atoms with Gasteiger partial charge in [0, 0.05) is 17.5 Å². The molecule has 0 aliphatic heterocycles. The molecule has 0 aromatic carbocycles. The van der Waals surface area contributed by atoms with E-state index in [-0.39, 0.29) is 5.41 Å². The van der Waals surface area contributed by atoms with Crippen LogP contribution in [0.15, 0.2) is 0 Å². The van der Waals surface area contributed by atoms with Crippen LogP contribution in [0.2, 0.25) is 0 Å². The van der Waals surface area contributed by atoms with Crippen LogP contribution in [0.3, 0.4) is 0 Å². The molecular weight excluding hydrogens is 176 g/mol. The molecule has 0 unspecified atom stereocenters. The van der Waals surface area contributed by atoms with E-state index in [0.29, 0.717) is 0 Å². The molecule has 3 heteroatoms. The smallest absolute Gasteiger partial charge is 0.235 e. The van der Waals surface area contributed by atoms with Crippen LogP contribution >= 0.6 is 0 Å². The predicted octanol–water partition coefficient (Wildman–Crippen LogP) is 2.52. The zero-order valence-electron chi connectivity index (χ0n) is 10.0. The van der Waals surface area contributed by atoms with Crippen molar-refractivity contribution < 1.29 is 4.74 Å². The van der Waals surface area contributed by atoms with Crippen LogP contribution in [-0.2, 0) is 12.0 Å². The van der Waals surface area contributed by atoms with Crippen LogP contribution < -0.4 is 4.74 Å². The van der Waals surface area contributed by atoms with Gasteiger partial charge in [0.1, 0.15) is 0 Å². The Morgan fingerprint density at radius 1 is 1.36 bits per heavy atom. The van der Waals surface area contributed by atoms with E-state index < -0.39 is 0 Å². The third-order valence-electron chi connectivity index (χ3n) is 2.35. The molecule has 80 valence electrons. The van der Waals surface area contributed by atoms with Gasteiger partial charge in [0.2, 0.25) is 5.88 Å². The Kier molecular flexibility index (Phi) is 2.88. The van der Waals surface area contributed by atoms with Crippen molar-refractivity contribution in [3.8, 4) is 5.88 Å². The molecule has 0 aliphatic carbocycles. The highest BCUT2D eigenvalue weighted by atomic mass is 16.5. The monoisotopic (exact) mass is 196 g/mol. The van der Waals surface area contributed by atoms with Crippen molar-refractivity contribution in [2.75, 3.05) is 7.11 Å². The van der Waals surface area contributed by atoms with Crippen molar-refractivity contribution in [3.05, 3.63) is 11.3 Å². The molecule has 0 aliphatic rings. The van der Waals surface area contributed by atoms with Crippen molar-refractivity contribution in [1.82, 2.24) is 9.78 Å². The lowest BCUT2D eigenvalue weighted by Crippen LogP contribution is -2.19. The van der Waals surface area contributed by atoms with Gasteiger partial charge in [-0.25, -0.2) is 0 Å². The van der Waals surface area contributed by atoms with Crippen LogP contribution in [0, 0.1) is 6.92 Å². The second-order valence-electron chi connectivity index (χ2n) is 4.55. The summed E-state index contributed by atoms with van der Waals surface area (Å²) in [4.78, 5) is 0. The van der Waals surface area contributed by atoms with Crippen molar-refractivity contribution >= 4 is 0 Å². The molecule has 0 N–H and O–H groups in total. The fourth-order valence-electron chi connectivity index (χ4n) is 1.90. The summed E-state index contributed by atoms with van der Waals surface area (Å²) in [6, 6.07) is 0. The number of ether oxygens (including phenoxy) is 1. The molecule has 0 saturated heterocycles. The molecule has 14 heavy (non-hydrogen) atoms. The standard InChI is InChI=1S/C11H20N2O/c1-7-13-9(11(3,4)5)8(2)10(12-13)14-6/h7H2,1-6H3. The van der Waals surface area contributed by atoms with Crippen molar-refractivity contribution in [3.63, 3.8) is 0 Å². The van der Waals surface area contributed by atoms with Crippen molar-refractivity contribution in [2.45, 2.75) is 46.6 Å². The maximum Gasteiger partial charge on any atom is 0.235 e. The van der Waals surface area contributed by atoms with Gasteiger partial charge in [-0.15, -0.1) is 5.10 Å². The topological polar surface area (TPSA) is 27.1 Å². The van der Waals surface area contributed by atoms with E-state index in [1.807, 2.05) is 4.68 Å². The maximum absolute atomic E-state index is 5.23. The van der Waals surface area contributed by atoms with Crippen LogP contribution in [-0.4, -0.2) is 16.9 Å². The summed E-state index contributed by atoms with van der Waals surface area (Å²) in [7, 11) is 1.67. The molecule has 0 amide bonds. The Balaban J connectivity index is 3.32. The van der Waals surface area contributed by atoms with E-state index in [1.165, 1.54) is 5.69 Å². The van der Waals surface area contributed by atoms with Gasteiger partial charge in [0.15, 0.2) is 0 Å². The minimum absolute atomic E-state index is 0.115. The number of aryl methyl sites for hydroxylation is 1. The molecule has 0 atom stereocenters. The number of rotatable bonds is 2. The molecule has 1 aromatic heterocycles. The third kappa shape index (κ3) is 1.76. The quantitative estimate of drug-likeness (QED) is 0.726. The average molecular weight is 196 g/mol. The lowest BCUT2D eigenvalue weighted by molar-refractivity contribution is 0.386. The minimum atomic E-state index is 0.115. The fourth-order valence-corrected chi connectivity index (χ4v) is 1.90. The lowest BCUT2D eigenvalue weighted by Gasteiger charge is -2.20. The second-order valence-corrected chi connectivity index (χ2v) is 4.55. The van der Waals surface area contributed by atoms with Gasteiger partial charge in [0.25, 0.3) is 0 Å². The highest BCUT2D eigenvalue weighted by molar-refractivity contribution is 5.34. The number of hydrogen-bond donors (Lipinski definition) is 0. The van der Waals surface area contributed by atoms with Gasteiger partial charge in [-0.2, -0.15) is 0 Å². The molecule has 0 radical (unpaired) electrons. The number of methoxy groups -OCH3 is 1. The van der Waals surface area contributed by atoms with Gasteiger partial charge in [-0.3, -0.25) is 4.68 Å². The van der Waals surface area contributed by atoms with Gasteiger partial charge in [-0.1, -0.05) is 20.8 Å². The first-order valence-electron chi connectivity index (χ1n) is 5.03. The minimum Gasteiger partial charge on any atom is -0.480 e. The maximum atomic E-state index is 5.23. The van der Waals surface area contributed by atoms with E-state index >= 15 is 0 Å². The summed E-state index contributed by atoms with van der Waals surface area (Å²) in [5.41, 5.74) is 2.53. The van der Waals surface area contributed by atoms with Crippen molar-refractivity contribution in [1.29, 1.82) is 0 Å². The van der Waals surface area contributed by atoms with Crippen molar-refractivity contribution in [2.24, 2.45) is 0 Å². The molecule has 0 bridgehead atoms. The summed E-state index contributed by atoms with van der Waals surface area (Å²) in [6.07, 6.45) is 0. The second kappa shape index (κ2) is 3.64. The van der Waals surface area contributed by atoms with E-state index in [4.69, 9.17) is 4.74 Å². The Hall–Kier alpha value is -0.990.